The fraction of sp³-hybridized carbons (Fsp3) is 0.381. The largest absolute Gasteiger partial charge is 0.372 e. The minimum atomic E-state index is 0.0612. The molecule has 0 aliphatic carbocycles. The molecule has 2 rings (SSSR count). The third-order valence-electron chi connectivity index (χ3n) is 4.26. The van der Waals surface area contributed by atoms with E-state index in [1.54, 1.807) is 0 Å². The van der Waals surface area contributed by atoms with E-state index in [4.69, 9.17) is 0 Å². The molecule has 0 bridgehead atoms. The lowest BCUT2D eigenvalue weighted by Crippen LogP contribution is -2.21. The lowest BCUT2D eigenvalue weighted by molar-refractivity contribution is -0.116. The number of nitrogens with zero attached hydrogens (tertiary/aromatic N) is 1. The molecule has 2 aromatic carbocycles. The van der Waals surface area contributed by atoms with Crippen molar-refractivity contribution in [3.63, 3.8) is 0 Å². The topological polar surface area (TPSA) is 44.4 Å². The molecular weight excluding hydrogens is 310 g/mol. The van der Waals surface area contributed by atoms with Gasteiger partial charge in [-0.05, 0) is 75.2 Å². The summed E-state index contributed by atoms with van der Waals surface area (Å²) in [6.07, 6.45) is 1.41. The third-order valence-corrected chi connectivity index (χ3v) is 4.26. The second kappa shape index (κ2) is 9.11. The van der Waals surface area contributed by atoms with Gasteiger partial charge in [0.2, 0.25) is 5.91 Å². The molecule has 0 fully saturated rings. The van der Waals surface area contributed by atoms with Gasteiger partial charge in [-0.1, -0.05) is 6.92 Å². The predicted octanol–water partition coefficient (Wildman–Crippen LogP) is 5.32. The first-order valence-corrected chi connectivity index (χ1v) is 9.09. The molecule has 4 heteroatoms. The van der Waals surface area contributed by atoms with Crippen molar-refractivity contribution in [2.45, 2.75) is 40.5 Å². The van der Waals surface area contributed by atoms with Gasteiger partial charge in [-0.3, -0.25) is 4.79 Å². The number of anilines is 4. The van der Waals surface area contributed by atoms with E-state index >= 15 is 0 Å². The summed E-state index contributed by atoms with van der Waals surface area (Å²) >= 11 is 0. The SMILES string of the molecule is CCCC(=O)Nc1ccc(Nc2ccc(N(CC)CC)cc2C)cc1. The van der Waals surface area contributed by atoms with Crippen LogP contribution in [0, 0.1) is 6.92 Å². The zero-order valence-electron chi connectivity index (χ0n) is 15.7. The van der Waals surface area contributed by atoms with Gasteiger partial charge in [-0.2, -0.15) is 0 Å². The Hall–Kier alpha value is -2.49. The average molecular weight is 339 g/mol. The van der Waals surface area contributed by atoms with Gasteiger partial charge in [0.05, 0.1) is 0 Å². The number of amides is 1. The van der Waals surface area contributed by atoms with Gasteiger partial charge < -0.3 is 15.5 Å². The second-order valence-corrected chi connectivity index (χ2v) is 6.17. The number of rotatable bonds is 8. The van der Waals surface area contributed by atoms with Crippen LogP contribution in [0.25, 0.3) is 0 Å². The fourth-order valence-corrected chi connectivity index (χ4v) is 2.82. The molecule has 0 heterocycles. The van der Waals surface area contributed by atoms with Gasteiger partial charge in [-0.25, -0.2) is 0 Å². The van der Waals surface area contributed by atoms with E-state index in [9.17, 15) is 4.79 Å². The molecule has 1 amide bonds. The van der Waals surface area contributed by atoms with Crippen molar-refractivity contribution in [2.24, 2.45) is 0 Å². The average Bonchev–Trinajstić information content (AvgIpc) is 2.60. The number of hydrogen-bond donors (Lipinski definition) is 2. The summed E-state index contributed by atoms with van der Waals surface area (Å²) in [5.74, 6) is 0.0612. The molecule has 2 N–H and O–H groups in total. The summed E-state index contributed by atoms with van der Waals surface area (Å²) in [6, 6.07) is 14.3. The highest BCUT2D eigenvalue weighted by Gasteiger charge is 2.06. The van der Waals surface area contributed by atoms with Gasteiger partial charge >= 0.3 is 0 Å². The molecule has 0 radical (unpaired) electrons. The van der Waals surface area contributed by atoms with Crippen LogP contribution in [0.3, 0.4) is 0 Å². The fourth-order valence-electron chi connectivity index (χ4n) is 2.82. The molecule has 0 atom stereocenters. The van der Waals surface area contributed by atoms with Crippen molar-refractivity contribution in [3.05, 3.63) is 48.0 Å². The molecule has 0 aliphatic heterocycles. The van der Waals surface area contributed by atoms with Crippen LogP contribution in [0.1, 0.15) is 39.2 Å². The highest BCUT2D eigenvalue weighted by molar-refractivity contribution is 5.90. The number of carbonyl (C=O) groups is 1. The van der Waals surface area contributed by atoms with Crippen molar-refractivity contribution < 1.29 is 4.79 Å². The Morgan fingerprint density at radius 2 is 1.60 bits per heavy atom. The van der Waals surface area contributed by atoms with Crippen LogP contribution in [0.4, 0.5) is 22.7 Å². The Bertz CT molecular complexity index is 691. The summed E-state index contributed by atoms with van der Waals surface area (Å²) in [6.45, 7) is 10.5. The lowest BCUT2D eigenvalue weighted by atomic mass is 10.1. The molecule has 2 aromatic rings. The van der Waals surface area contributed by atoms with Crippen molar-refractivity contribution in [3.8, 4) is 0 Å². The third kappa shape index (κ3) is 5.24. The standard InChI is InChI=1S/C21H29N3O/c1-5-8-21(25)23-18-11-9-17(10-12-18)22-20-14-13-19(15-16(20)4)24(6-2)7-3/h9-15,22H,5-8H2,1-4H3,(H,23,25). The van der Waals surface area contributed by atoms with Crippen molar-refractivity contribution in [1.29, 1.82) is 0 Å². The van der Waals surface area contributed by atoms with E-state index in [0.29, 0.717) is 6.42 Å². The van der Waals surface area contributed by atoms with Crippen LogP contribution in [-0.2, 0) is 4.79 Å². The van der Waals surface area contributed by atoms with Gasteiger partial charge in [-0.15, -0.1) is 0 Å². The second-order valence-electron chi connectivity index (χ2n) is 6.17. The normalized spacial score (nSPS) is 10.4. The van der Waals surface area contributed by atoms with Crippen LogP contribution >= 0.6 is 0 Å². The Morgan fingerprint density at radius 1 is 0.960 bits per heavy atom. The summed E-state index contributed by atoms with van der Waals surface area (Å²) in [5.41, 5.74) is 5.40. The van der Waals surface area contributed by atoms with E-state index in [1.807, 2.05) is 31.2 Å². The van der Waals surface area contributed by atoms with Crippen molar-refractivity contribution >= 4 is 28.7 Å². The zero-order valence-corrected chi connectivity index (χ0v) is 15.7. The van der Waals surface area contributed by atoms with E-state index in [1.165, 1.54) is 11.3 Å². The summed E-state index contributed by atoms with van der Waals surface area (Å²) < 4.78 is 0. The van der Waals surface area contributed by atoms with Gasteiger partial charge in [0.25, 0.3) is 0 Å². The molecule has 0 spiro atoms. The molecule has 0 saturated carbocycles. The van der Waals surface area contributed by atoms with Crippen LogP contribution < -0.4 is 15.5 Å². The molecule has 0 unspecified atom stereocenters. The number of aryl methyl sites for hydroxylation is 1. The maximum atomic E-state index is 11.6. The van der Waals surface area contributed by atoms with Gasteiger partial charge in [0.1, 0.15) is 0 Å². The summed E-state index contributed by atoms with van der Waals surface area (Å²) in [4.78, 5) is 14.0. The van der Waals surface area contributed by atoms with E-state index in [2.05, 4.69) is 54.5 Å². The van der Waals surface area contributed by atoms with Crippen LogP contribution in [0.2, 0.25) is 0 Å². The van der Waals surface area contributed by atoms with Crippen LogP contribution in [-0.4, -0.2) is 19.0 Å². The van der Waals surface area contributed by atoms with Gasteiger partial charge in [0, 0.05) is 42.3 Å². The Kier molecular flexibility index (Phi) is 6.87. The maximum absolute atomic E-state index is 11.6. The first-order chi connectivity index (χ1) is 12.1. The highest BCUT2D eigenvalue weighted by Crippen LogP contribution is 2.26. The minimum Gasteiger partial charge on any atom is -0.372 e. The highest BCUT2D eigenvalue weighted by atomic mass is 16.1. The summed E-state index contributed by atoms with van der Waals surface area (Å²) in [7, 11) is 0. The van der Waals surface area contributed by atoms with Crippen LogP contribution in [0.15, 0.2) is 42.5 Å². The Morgan fingerprint density at radius 3 is 2.16 bits per heavy atom. The molecule has 0 aliphatic rings. The molecule has 134 valence electrons. The number of hydrogen-bond acceptors (Lipinski definition) is 3. The van der Waals surface area contributed by atoms with Crippen molar-refractivity contribution in [2.75, 3.05) is 28.6 Å². The Balaban J connectivity index is 2.05. The molecule has 0 aromatic heterocycles. The lowest BCUT2D eigenvalue weighted by Gasteiger charge is -2.22. The van der Waals surface area contributed by atoms with E-state index < -0.39 is 0 Å². The zero-order chi connectivity index (χ0) is 18.2. The summed E-state index contributed by atoms with van der Waals surface area (Å²) in [5, 5.41) is 6.35. The monoisotopic (exact) mass is 339 g/mol. The van der Waals surface area contributed by atoms with Crippen molar-refractivity contribution in [1.82, 2.24) is 0 Å². The quantitative estimate of drug-likeness (QED) is 0.684. The molecule has 4 nitrogen and oxygen atoms in total. The van der Waals surface area contributed by atoms with E-state index in [0.717, 1.165) is 36.6 Å². The smallest absolute Gasteiger partial charge is 0.224 e. The molecule has 0 saturated heterocycles. The maximum Gasteiger partial charge on any atom is 0.224 e. The van der Waals surface area contributed by atoms with Crippen LogP contribution in [0.5, 0.6) is 0 Å². The first-order valence-electron chi connectivity index (χ1n) is 9.09. The number of benzene rings is 2. The molecule has 25 heavy (non-hydrogen) atoms. The number of nitrogens with one attached hydrogen (secondary N) is 2. The minimum absolute atomic E-state index is 0.0612. The van der Waals surface area contributed by atoms with E-state index in [-0.39, 0.29) is 5.91 Å². The number of carbonyl (C=O) groups excluding carboxylic acids is 1. The predicted molar refractivity (Wildman–Crippen MR) is 108 cm³/mol. The molecular formula is C21H29N3O. The first kappa shape index (κ1) is 18.8. The Labute approximate surface area is 151 Å². The van der Waals surface area contributed by atoms with Gasteiger partial charge in [0.15, 0.2) is 0 Å².